The van der Waals surface area contributed by atoms with E-state index in [0.717, 1.165) is 14.9 Å². The first-order chi connectivity index (χ1) is 11.6. The number of rotatable bonds is 5. The second kappa shape index (κ2) is 7.22. The van der Waals surface area contributed by atoms with E-state index in [0.29, 0.717) is 5.69 Å². The number of imide groups is 1. The highest BCUT2D eigenvalue weighted by Gasteiger charge is 2.45. The quantitative estimate of drug-likeness (QED) is 0.565. The van der Waals surface area contributed by atoms with Gasteiger partial charge >= 0.3 is 12.0 Å². The van der Waals surface area contributed by atoms with Gasteiger partial charge in [-0.3, -0.25) is 19.3 Å². The first-order valence-electron chi connectivity index (χ1n) is 7.46. The van der Waals surface area contributed by atoms with Crippen molar-refractivity contribution in [1.82, 2.24) is 10.2 Å². The van der Waals surface area contributed by atoms with Crippen LogP contribution in [0.5, 0.6) is 0 Å². The van der Waals surface area contributed by atoms with E-state index in [-0.39, 0.29) is 0 Å². The molecule has 0 spiro atoms. The monoisotopic (exact) mass is 411 g/mol. The topological polar surface area (TPSA) is 105 Å². The van der Waals surface area contributed by atoms with Gasteiger partial charge in [0.1, 0.15) is 12.1 Å². The number of halogens is 1. The van der Waals surface area contributed by atoms with Crippen molar-refractivity contribution >= 4 is 45.4 Å². The van der Waals surface area contributed by atoms with Gasteiger partial charge in [-0.15, -0.1) is 0 Å². The fraction of sp³-hybridized carbons (Fsp3) is 0.375. The van der Waals surface area contributed by atoms with Gasteiger partial charge < -0.3 is 15.4 Å². The molecule has 1 saturated heterocycles. The fourth-order valence-electron chi connectivity index (χ4n) is 2.20. The zero-order chi connectivity index (χ0) is 18.8. The van der Waals surface area contributed by atoms with Gasteiger partial charge in [0.2, 0.25) is 0 Å². The average molecular weight is 412 g/mol. The predicted molar refractivity (Wildman–Crippen MR) is 92.8 cm³/mol. The molecule has 0 radical (unpaired) electrons. The third kappa shape index (κ3) is 4.56. The molecule has 1 aliphatic heterocycles. The van der Waals surface area contributed by atoms with E-state index >= 15 is 0 Å². The predicted octanol–water partition coefficient (Wildman–Crippen LogP) is 1.57. The summed E-state index contributed by atoms with van der Waals surface area (Å²) in [5.74, 6) is -1.89. The van der Waals surface area contributed by atoms with Crippen molar-refractivity contribution in [3.63, 3.8) is 0 Å². The maximum absolute atomic E-state index is 12.0. The lowest BCUT2D eigenvalue weighted by Crippen LogP contribution is -2.41. The Kier molecular flexibility index (Phi) is 5.46. The number of anilines is 1. The highest BCUT2D eigenvalue weighted by molar-refractivity contribution is 9.10. The number of nitrogens with zero attached hydrogens (tertiary/aromatic N) is 1. The molecule has 134 valence electrons. The number of carbonyl (C=O) groups excluding carboxylic acids is 4. The summed E-state index contributed by atoms with van der Waals surface area (Å²) in [5.41, 5.74) is 0.447. The molecule has 25 heavy (non-hydrogen) atoms. The van der Waals surface area contributed by atoms with Crippen molar-refractivity contribution in [2.75, 3.05) is 18.5 Å². The lowest BCUT2D eigenvalue weighted by molar-refractivity contribution is -0.150. The SMILES string of the molecule is Cc1cc(NC(=O)COC(=O)CN2C(=O)NC(C)(C)C2=O)ccc1Br. The Hall–Kier alpha value is -2.42. The van der Waals surface area contributed by atoms with Gasteiger partial charge in [-0.05, 0) is 44.5 Å². The van der Waals surface area contributed by atoms with E-state index in [2.05, 4.69) is 26.6 Å². The van der Waals surface area contributed by atoms with Crippen molar-refractivity contribution in [2.24, 2.45) is 0 Å². The largest absolute Gasteiger partial charge is 0.454 e. The molecule has 1 heterocycles. The van der Waals surface area contributed by atoms with Crippen LogP contribution in [0, 0.1) is 6.92 Å². The van der Waals surface area contributed by atoms with Crippen molar-refractivity contribution in [2.45, 2.75) is 26.3 Å². The summed E-state index contributed by atoms with van der Waals surface area (Å²) in [6.07, 6.45) is 0. The van der Waals surface area contributed by atoms with Crippen LogP contribution in [0.25, 0.3) is 0 Å². The van der Waals surface area contributed by atoms with Crippen molar-refractivity contribution < 1.29 is 23.9 Å². The molecule has 1 aromatic rings. The van der Waals surface area contributed by atoms with Crippen LogP contribution in [-0.4, -0.2) is 47.4 Å². The molecule has 0 saturated carbocycles. The molecule has 0 unspecified atom stereocenters. The standard InChI is InChI=1S/C16H18BrN3O5/c1-9-6-10(4-5-11(9)17)18-12(21)8-25-13(22)7-20-14(23)16(2,3)19-15(20)24/h4-6H,7-8H2,1-3H3,(H,18,21)(H,19,24). The summed E-state index contributed by atoms with van der Waals surface area (Å²) < 4.78 is 5.73. The van der Waals surface area contributed by atoms with Crippen LogP contribution in [0.15, 0.2) is 22.7 Å². The van der Waals surface area contributed by atoms with E-state index in [1.807, 2.05) is 6.92 Å². The Bertz CT molecular complexity index is 747. The summed E-state index contributed by atoms with van der Waals surface area (Å²) in [7, 11) is 0. The van der Waals surface area contributed by atoms with Crippen LogP contribution >= 0.6 is 15.9 Å². The second-order valence-corrected chi connectivity index (χ2v) is 6.97. The Morgan fingerprint density at radius 3 is 2.56 bits per heavy atom. The zero-order valence-corrected chi connectivity index (χ0v) is 15.6. The van der Waals surface area contributed by atoms with E-state index in [1.54, 1.807) is 18.2 Å². The minimum Gasteiger partial charge on any atom is -0.454 e. The number of amides is 4. The first kappa shape index (κ1) is 18.9. The normalized spacial score (nSPS) is 15.8. The highest BCUT2D eigenvalue weighted by atomic mass is 79.9. The number of esters is 1. The lowest BCUT2D eigenvalue weighted by Gasteiger charge is -2.15. The summed E-state index contributed by atoms with van der Waals surface area (Å²) in [6, 6.07) is 4.59. The number of hydrogen-bond acceptors (Lipinski definition) is 5. The minimum atomic E-state index is -1.06. The van der Waals surface area contributed by atoms with E-state index in [4.69, 9.17) is 4.74 Å². The van der Waals surface area contributed by atoms with Gasteiger partial charge in [0.05, 0.1) is 0 Å². The van der Waals surface area contributed by atoms with Crippen LogP contribution in [0.2, 0.25) is 0 Å². The Morgan fingerprint density at radius 2 is 2.00 bits per heavy atom. The molecule has 2 rings (SSSR count). The van der Waals surface area contributed by atoms with Crippen LogP contribution in [0.4, 0.5) is 10.5 Å². The molecule has 1 aliphatic rings. The fourth-order valence-corrected chi connectivity index (χ4v) is 2.45. The molecule has 0 bridgehead atoms. The number of carbonyl (C=O) groups is 4. The molecular weight excluding hydrogens is 394 g/mol. The molecule has 0 aliphatic carbocycles. The lowest BCUT2D eigenvalue weighted by atomic mass is 10.1. The molecule has 0 atom stereocenters. The summed E-state index contributed by atoms with van der Waals surface area (Å²) in [4.78, 5) is 48.0. The van der Waals surface area contributed by atoms with Gasteiger partial charge in [0.25, 0.3) is 11.8 Å². The van der Waals surface area contributed by atoms with Gasteiger partial charge in [-0.25, -0.2) is 4.79 Å². The van der Waals surface area contributed by atoms with Gasteiger partial charge in [-0.2, -0.15) is 0 Å². The summed E-state index contributed by atoms with van der Waals surface area (Å²) in [6.45, 7) is 3.89. The maximum atomic E-state index is 12.0. The number of benzene rings is 1. The smallest absolute Gasteiger partial charge is 0.326 e. The molecule has 1 aromatic carbocycles. The molecule has 2 N–H and O–H groups in total. The van der Waals surface area contributed by atoms with Crippen molar-refractivity contribution in [3.8, 4) is 0 Å². The zero-order valence-electron chi connectivity index (χ0n) is 14.0. The van der Waals surface area contributed by atoms with E-state index in [9.17, 15) is 19.2 Å². The van der Waals surface area contributed by atoms with E-state index in [1.165, 1.54) is 13.8 Å². The van der Waals surface area contributed by atoms with Gasteiger partial charge in [0, 0.05) is 10.2 Å². The third-order valence-electron chi connectivity index (χ3n) is 3.54. The van der Waals surface area contributed by atoms with Crippen molar-refractivity contribution in [1.29, 1.82) is 0 Å². The number of ether oxygens (including phenoxy) is 1. The van der Waals surface area contributed by atoms with Crippen LogP contribution in [-0.2, 0) is 19.1 Å². The number of nitrogens with one attached hydrogen (secondary N) is 2. The maximum Gasteiger partial charge on any atom is 0.326 e. The Labute approximate surface area is 153 Å². The summed E-state index contributed by atoms with van der Waals surface area (Å²) in [5, 5.41) is 5.05. The van der Waals surface area contributed by atoms with Crippen LogP contribution < -0.4 is 10.6 Å². The van der Waals surface area contributed by atoms with Crippen molar-refractivity contribution in [3.05, 3.63) is 28.2 Å². The summed E-state index contributed by atoms with van der Waals surface area (Å²) >= 11 is 3.36. The van der Waals surface area contributed by atoms with Gasteiger partial charge in [0.15, 0.2) is 6.61 Å². The average Bonchev–Trinajstić information content (AvgIpc) is 2.71. The Morgan fingerprint density at radius 1 is 1.32 bits per heavy atom. The molecule has 9 heteroatoms. The Balaban J connectivity index is 1.83. The van der Waals surface area contributed by atoms with E-state index < -0.39 is 42.5 Å². The van der Waals surface area contributed by atoms with Crippen LogP contribution in [0.3, 0.4) is 0 Å². The van der Waals surface area contributed by atoms with Crippen LogP contribution in [0.1, 0.15) is 19.4 Å². The molecule has 8 nitrogen and oxygen atoms in total. The number of urea groups is 1. The van der Waals surface area contributed by atoms with Gasteiger partial charge in [-0.1, -0.05) is 15.9 Å². The number of aryl methyl sites for hydroxylation is 1. The molecule has 4 amide bonds. The third-order valence-corrected chi connectivity index (χ3v) is 4.43. The molecule has 1 fully saturated rings. The molecule has 0 aromatic heterocycles. The first-order valence-corrected chi connectivity index (χ1v) is 8.25. The second-order valence-electron chi connectivity index (χ2n) is 6.12. The highest BCUT2D eigenvalue weighted by Crippen LogP contribution is 2.20. The number of hydrogen-bond donors (Lipinski definition) is 2. The minimum absolute atomic E-state index is 0.513. The molecular formula is C16H18BrN3O5.